The monoisotopic (exact) mass is 464 g/mol. The van der Waals surface area contributed by atoms with Crippen molar-refractivity contribution in [2.45, 2.75) is 18.9 Å². The minimum absolute atomic E-state index is 0. The summed E-state index contributed by atoms with van der Waals surface area (Å²) in [6.07, 6.45) is 3.73. The first-order chi connectivity index (χ1) is 13.2. The molecule has 0 bridgehead atoms. The van der Waals surface area contributed by atoms with Crippen LogP contribution in [0.4, 0.5) is 11.5 Å². The summed E-state index contributed by atoms with van der Waals surface area (Å²) in [5.74, 6) is 2.14. The minimum atomic E-state index is 0. The van der Waals surface area contributed by atoms with Crippen molar-refractivity contribution in [1.82, 2.24) is 15.3 Å². The Morgan fingerprint density at radius 1 is 1.11 bits per heavy atom. The van der Waals surface area contributed by atoms with Gasteiger partial charge in [-0.2, -0.15) is 0 Å². The highest BCUT2D eigenvalue weighted by Crippen LogP contribution is 2.36. The van der Waals surface area contributed by atoms with E-state index in [1.54, 1.807) is 13.4 Å². The van der Waals surface area contributed by atoms with E-state index in [9.17, 15) is 0 Å². The summed E-state index contributed by atoms with van der Waals surface area (Å²) in [4.78, 5) is 8.83. The molecular formula is C20H22BrClN4O2. The van der Waals surface area contributed by atoms with Gasteiger partial charge in [0.15, 0.2) is 11.5 Å². The zero-order chi connectivity index (χ0) is 18.6. The Morgan fingerprint density at radius 3 is 2.68 bits per heavy atom. The molecule has 0 radical (unpaired) electrons. The first kappa shape index (κ1) is 20.6. The summed E-state index contributed by atoms with van der Waals surface area (Å²) in [7, 11) is 1.65. The fourth-order valence-corrected chi connectivity index (χ4v) is 3.61. The van der Waals surface area contributed by atoms with E-state index in [0.717, 1.165) is 58.6 Å². The molecule has 0 saturated carbocycles. The fourth-order valence-electron chi connectivity index (χ4n) is 3.21. The molecule has 0 spiro atoms. The van der Waals surface area contributed by atoms with Gasteiger partial charge in [0.1, 0.15) is 18.2 Å². The van der Waals surface area contributed by atoms with Gasteiger partial charge in [0, 0.05) is 21.6 Å². The summed E-state index contributed by atoms with van der Waals surface area (Å²) >= 11 is 3.49. The van der Waals surface area contributed by atoms with Crippen LogP contribution in [-0.4, -0.2) is 36.3 Å². The first-order valence-corrected chi connectivity index (χ1v) is 9.75. The Kier molecular flexibility index (Phi) is 6.93. The summed E-state index contributed by atoms with van der Waals surface area (Å²) in [6, 6.07) is 11.8. The molecule has 6 nitrogen and oxygen atoms in total. The van der Waals surface area contributed by atoms with E-state index in [1.165, 1.54) is 0 Å². The molecule has 1 aliphatic rings. The van der Waals surface area contributed by atoms with Crippen molar-refractivity contribution in [3.05, 3.63) is 47.2 Å². The second kappa shape index (κ2) is 9.41. The van der Waals surface area contributed by atoms with E-state index >= 15 is 0 Å². The molecule has 2 aromatic carbocycles. The maximum atomic E-state index is 6.21. The molecule has 4 rings (SSSR count). The molecule has 0 aliphatic carbocycles. The van der Waals surface area contributed by atoms with Crippen molar-refractivity contribution in [3.63, 3.8) is 0 Å². The van der Waals surface area contributed by atoms with E-state index in [2.05, 4.69) is 36.5 Å². The fraction of sp³-hybridized carbons (Fsp3) is 0.300. The molecule has 148 valence electrons. The van der Waals surface area contributed by atoms with Crippen molar-refractivity contribution in [1.29, 1.82) is 0 Å². The van der Waals surface area contributed by atoms with E-state index in [0.29, 0.717) is 5.75 Å². The van der Waals surface area contributed by atoms with Gasteiger partial charge in [-0.15, -0.1) is 12.4 Å². The van der Waals surface area contributed by atoms with Gasteiger partial charge in [0.2, 0.25) is 0 Å². The zero-order valence-electron chi connectivity index (χ0n) is 15.4. The smallest absolute Gasteiger partial charge is 0.163 e. The predicted molar refractivity (Wildman–Crippen MR) is 117 cm³/mol. The number of aromatic nitrogens is 2. The van der Waals surface area contributed by atoms with Crippen LogP contribution in [0.15, 0.2) is 47.2 Å². The number of hydrogen-bond acceptors (Lipinski definition) is 6. The van der Waals surface area contributed by atoms with E-state index < -0.39 is 0 Å². The number of fused-ring (bicyclic) bond motifs is 1. The average Bonchev–Trinajstić information content (AvgIpc) is 2.68. The van der Waals surface area contributed by atoms with Crippen molar-refractivity contribution in [2.24, 2.45) is 0 Å². The number of nitrogens with zero attached hydrogens (tertiary/aromatic N) is 2. The van der Waals surface area contributed by atoms with Crippen LogP contribution >= 0.6 is 28.3 Å². The van der Waals surface area contributed by atoms with E-state index in [1.807, 2.05) is 36.4 Å². The second-order valence-electron chi connectivity index (χ2n) is 6.45. The summed E-state index contributed by atoms with van der Waals surface area (Å²) in [5, 5.41) is 7.59. The van der Waals surface area contributed by atoms with Gasteiger partial charge in [-0.25, -0.2) is 9.97 Å². The second-order valence-corrected chi connectivity index (χ2v) is 7.36. The molecule has 1 fully saturated rings. The van der Waals surface area contributed by atoms with Crippen molar-refractivity contribution < 1.29 is 9.47 Å². The number of rotatable bonds is 5. The van der Waals surface area contributed by atoms with Crippen LogP contribution < -0.4 is 20.1 Å². The highest BCUT2D eigenvalue weighted by atomic mass is 79.9. The third-order valence-corrected chi connectivity index (χ3v) is 5.08. The standard InChI is InChI=1S/C20H21BrN4O2.ClH/c1-26-18-10-16-17(11-19(18)27-15-5-7-22-8-6-15)23-12-24-20(16)25-14-4-2-3-13(21)9-14;/h2-4,9-12,15,22H,5-8H2,1H3,(H,23,24,25);1H. The lowest BCUT2D eigenvalue weighted by molar-refractivity contribution is 0.157. The van der Waals surface area contributed by atoms with Gasteiger partial charge in [-0.05, 0) is 50.2 Å². The molecule has 3 aromatic rings. The zero-order valence-corrected chi connectivity index (χ0v) is 17.8. The number of piperidine rings is 1. The Morgan fingerprint density at radius 2 is 1.93 bits per heavy atom. The van der Waals surface area contributed by atoms with Crippen molar-refractivity contribution in [3.8, 4) is 11.5 Å². The number of benzene rings is 2. The third-order valence-electron chi connectivity index (χ3n) is 4.59. The van der Waals surface area contributed by atoms with Crippen molar-refractivity contribution in [2.75, 3.05) is 25.5 Å². The molecule has 2 heterocycles. The third kappa shape index (κ3) is 4.66. The summed E-state index contributed by atoms with van der Waals surface area (Å²) < 4.78 is 12.8. The van der Waals surface area contributed by atoms with Crippen LogP contribution in [0.2, 0.25) is 0 Å². The largest absolute Gasteiger partial charge is 0.493 e. The lowest BCUT2D eigenvalue weighted by Crippen LogP contribution is -2.34. The first-order valence-electron chi connectivity index (χ1n) is 8.95. The van der Waals surface area contributed by atoms with Crippen LogP contribution in [0.5, 0.6) is 11.5 Å². The molecule has 1 aromatic heterocycles. The average molecular weight is 466 g/mol. The van der Waals surface area contributed by atoms with E-state index in [4.69, 9.17) is 9.47 Å². The molecule has 0 atom stereocenters. The number of hydrogen-bond donors (Lipinski definition) is 2. The van der Waals surface area contributed by atoms with Gasteiger partial charge in [0.05, 0.1) is 12.6 Å². The van der Waals surface area contributed by atoms with Crippen LogP contribution in [-0.2, 0) is 0 Å². The maximum Gasteiger partial charge on any atom is 0.163 e. The number of halogens is 2. The van der Waals surface area contributed by atoms with Gasteiger partial charge < -0.3 is 20.1 Å². The molecule has 0 amide bonds. The van der Waals surface area contributed by atoms with Crippen LogP contribution in [0.3, 0.4) is 0 Å². The maximum absolute atomic E-state index is 6.21. The normalized spacial score (nSPS) is 14.4. The topological polar surface area (TPSA) is 68.3 Å². The van der Waals surface area contributed by atoms with E-state index in [-0.39, 0.29) is 18.5 Å². The molecule has 1 aliphatic heterocycles. The summed E-state index contributed by atoms with van der Waals surface area (Å²) in [6.45, 7) is 1.95. The number of methoxy groups -OCH3 is 1. The molecular weight excluding hydrogens is 444 g/mol. The number of ether oxygens (including phenoxy) is 2. The lowest BCUT2D eigenvalue weighted by Gasteiger charge is -2.25. The molecule has 0 unspecified atom stereocenters. The van der Waals surface area contributed by atoms with Gasteiger partial charge in [-0.1, -0.05) is 22.0 Å². The Hall–Kier alpha value is -2.09. The van der Waals surface area contributed by atoms with Gasteiger partial charge in [0.25, 0.3) is 0 Å². The molecule has 8 heteroatoms. The summed E-state index contributed by atoms with van der Waals surface area (Å²) in [5.41, 5.74) is 1.76. The Balaban J connectivity index is 0.00000225. The Labute approximate surface area is 178 Å². The van der Waals surface area contributed by atoms with Crippen LogP contribution in [0, 0.1) is 0 Å². The Bertz CT molecular complexity index is 951. The SMILES string of the molecule is COc1cc2c(Nc3cccc(Br)c3)ncnc2cc1OC1CCNCC1.Cl. The highest BCUT2D eigenvalue weighted by molar-refractivity contribution is 9.10. The van der Waals surface area contributed by atoms with Gasteiger partial charge in [-0.3, -0.25) is 0 Å². The quantitative estimate of drug-likeness (QED) is 0.569. The van der Waals surface area contributed by atoms with Crippen LogP contribution in [0.25, 0.3) is 10.9 Å². The van der Waals surface area contributed by atoms with Gasteiger partial charge >= 0.3 is 0 Å². The van der Waals surface area contributed by atoms with Crippen LogP contribution in [0.1, 0.15) is 12.8 Å². The highest BCUT2D eigenvalue weighted by Gasteiger charge is 2.18. The predicted octanol–water partition coefficient (Wildman–Crippen LogP) is 4.70. The minimum Gasteiger partial charge on any atom is -0.493 e. The number of nitrogens with one attached hydrogen (secondary N) is 2. The molecule has 28 heavy (non-hydrogen) atoms. The molecule has 1 saturated heterocycles. The number of anilines is 2. The van der Waals surface area contributed by atoms with Crippen molar-refractivity contribution >= 4 is 50.7 Å². The molecule has 2 N–H and O–H groups in total. The lowest BCUT2D eigenvalue weighted by atomic mass is 10.1.